The Balaban J connectivity index is 0.00000176. The van der Waals surface area contributed by atoms with Gasteiger partial charge in [-0.15, -0.1) is 12.4 Å². The summed E-state index contributed by atoms with van der Waals surface area (Å²) in [6.45, 7) is 1.93. The Kier molecular flexibility index (Phi) is 5.35. The molecule has 0 aromatic heterocycles. The lowest BCUT2D eigenvalue weighted by Crippen LogP contribution is -2.28. The van der Waals surface area contributed by atoms with Crippen LogP contribution in [0.3, 0.4) is 0 Å². The summed E-state index contributed by atoms with van der Waals surface area (Å²) >= 11 is 0. The number of alkyl halides is 3. The van der Waals surface area contributed by atoms with Gasteiger partial charge in [-0.25, -0.2) is 0 Å². The number of fused-ring (bicyclic) bond motifs is 1. The Morgan fingerprint density at radius 1 is 1.05 bits per heavy atom. The fourth-order valence-corrected chi connectivity index (χ4v) is 3.14. The molecule has 1 nitrogen and oxygen atoms in total. The zero-order valence-electron chi connectivity index (χ0n) is 12.1. The SMILES string of the molecule is Cl.FC(F)(F)c1cc(CC2CCNCC2)cc2ccccc12. The number of rotatable bonds is 2. The fraction of sp³-hybridized carbons (Fsp3) is 0.412. The average Bonchev–Trinajstić information content (AvgIpc) is 2.46. The Morgan fingerprint density at radius 3 is 2.41 bits per heavy atom. The monoisotopic (exact) mass is 329 g/mol. The quantitative estimate of drug-likeness (QED) is 0.832. The fourth-order valence-electron chi connectivity index (χ4n) is 3.14. The number of hydrogen-bond acceptors (Lipinski definition) is 1. The van der Waals surface area contributed by atoms with E-state index in [0.29, 0.717) is 16.7 Å². The second-order valence-electron chi connectivity index (χ2n) is 5.76. The van der Waals surface area contributed by atoms with E-state index < -0.39 is 11.7 Å². The van der Waals surface area contributed by atoms with Gasteiger partial charge in [-0.2, -0.15) is 13.2 Å². The lowest BCUT2D eigenvalue weighted by molar-refractivity contribution is -0.136. The molecule has 22 heavy (non-hydrogen) atoms. The van der Waals surface area contributed by atoms with E-state index >= 15 is 0 Å². The first-order valence-electron chi connectivity index (χ1n) is 7.33. The van der Waals surface area contributed by atoms with Gasteiger partial charge >= 0.3 is 6.18 Å². The zero-order valence-corrected chi connectivity index (χ0v) is 12.9. The summed E-state index contributed by atoms with van der Waals surface area (Å²) in [7, 11) is 0. The summed E-state index contributed by atoms with van der Waals surface area (Å²) in [6, 6.07) is 10.0. The summed E-state index contributed by atoms with van der Waals surface area (Å²) in [5.41, 5.74) is 0.289. The normalized spacial score (nSPS) is 16.5. The summed E-state index contributed by atoms with van der Waals surface area (Å²) in [5.74, 6) is 0.480. The first-order valence-corrected chi connectivity index (χ1v) is 7.33. The van der Waals surface area contributed by atoms with Gasteiger partial charge in [-0.1, -0.05) is 30.3 Å². The number of piperidine rings is 1. The third-order valence-electron chi connectivity index (χ3n) is 4.21. The van der Waals surface area contributed by atoms with Gasteiger partial charge in [0, 0.05) is 0 Å². The summed E-state index contributed by atoms with van der Waals surface area (Å²) < 4.78 is 39.8. The average molecular weight is 330 g/mol. The van der Waals surface area contributed by atoms with Crippen LogP contribution in [-0.4, -0.2) is 13.1 Å². The molecule has 120 valence electrons. The zero-order chi connectivity index (χ0) is 14.9. The predicted molar refractivity (Wildman–Crippen MR) is 85.5 cm³/mol. The molecule has 1 aliphatic heterocycles. The van der Waals surface area contributed by atoms with Crippen molar-refractivity contribution in [2.45, 2.75) is 25.4 Å². The summed E-state index contributed by atoms with van der Waals surface area (Å²) in [4.78, 5) is 0. The van der Waals surface area contributed by atoms with E-state index in [2.05, 4.69) is 5.32 Å². The number of halogens is 4. The van der Waals surface area contributed by atoms with Crippen molar-refractivity contribution in [1.29, 1.82) is 0 Å². The van der Waals surface area contributed by atoms with Gasteiger partial charge in [0.1, 0.15) is 0 Å². The van der Waals surface area contributed by atoms with E-state index in [0.717, 1.165) is 37.9 Å². The topological polar surface area (TPSA) is 12.0 Å². The van der Waals surface area contributed by atoms with Crippen molar-refractivity contribution < 1.29 is 13.2 Å². The van der Waals surface area contributed by atoms with E-state index in [1.54, 1.807) is 24.3 Å². The Labute approximate surface area is 134 Å². The number of benzene rings is 2. The van der Waals surface area contributed by atoms with Crippen molar-refractivity contribution in [3.8, 4) is 0 Å². The van der Waals surface area contributed by atoms with Crippen molar-refractivity contribution in [1.82, 2.24) is 5.32 Å². The number of hydrogen-bond donors (Lipinski definition) is 1. The molecule has 0 atom stereocenters. The molecule has 5 heteroatoms. The molecule has 0 aliphatic carbocycles. The van der Waals surface area contributed by atoms with Crippen LogP contribution in [0.25, 0.3) is 10.8 Å². The molecule has 1 N–H and O–H groups in total. The van der Waals surface area contributed by atoms with Gasteiger partial charge in [0.15, 0.2) is 0 Å². The standard InChI is InChI=1S/C17H18F3N.ClH/c18-17(19,20)16-11-13(9-12-5-7-21-8-6-12)10-14-3-1-2-4-15(14)16;/h1-4,10-12,21H,5-9H2;1H. The molecule has 1 saturated heterocycles. The van der Waals surface area contributed by atoms with Crippen molar-refractivity contribution in [3.63, 3.8) is 0 Å². The van der Waals surface area contributed by atoms with Gasteiger partial charge in [0.25, 0.3) is 0 Å². The molecule has 2 aromatic carbocycles. The van der Waals surface area contributed by atoms with Crippen molar-refractivity contribution in [2.24, 2.45) is 5.92 Å². The van der Waals surface area contributed by atoms with Gasteiger partial charge < -0.3 is 5.32 Å². The smallest absolute Gasteiger partial charge is 0.317 e. The van der Waals surface area contributed by atoms with Crippen LogP contribution in [0.5, 0.6) is 0 Å². The van der Waals surface area contributed by atoms with Crippen LogP contribution < -0.4 is 5.32 Å². The van der Waals surface area contributed by atoms with E-state index in [-0.39, 0.29) is 12.4 Å². The molecule has 0 unspecified atom stereocenters. The van der Waals surface area contributed by atoms with E-state index in [1.165, 1.54) is 6.07 Å². The molecule has 1 heterocycles. The maximum absolute atomic E-state index is 13.3. The second-order valence-corrected chi connectivity index (χ2v) is 5.76. The van der Waals surface area contributed by atoms with E-state index in [4.69, 9.17) is 0 Å². The van der Waals surface area contributed by atoms with Crippen LogP contribution in [0.2, 0.25) is 0 Å². The van der Waals surface area contributed by atoms with Gasteiger partial charge in [-0.05, 0) is 60.7 Å². The Morgan fingerprint density at radius 2 is 1.73 bits per heavy atom. The van der Waals surface area contributed by atoms with E-state index in [9.17, 15) is 13.2 Å². The molecule has 1 aliphatic rings. The lowest BCUT2D eigenvalue weighted by Gasteiger charge is -2.23. The highest BCUT2D eigenvalue weighted by Gasteiger charge is 2.33. The maximum Gasteiger partial charge on any atom is 0.417 e. The summed E-state index contributed by atoms with van der Waals surface area (Å²) in [5, 5.41) is 4.25. The van der Waals surface area contributed by atoms with Crippen LogP contribution in [0.4, 0.5) is 13.2 Å². The molecule has 0 spiro atoms. The third kappa shape index (κ3) is 3.73. The van der Waals surface area contributed by atoms with Crippen LogP contribution in [0, 0.1) is 5.92 Å². The summed E-state index contributed by atoms with van der Waals surface area (Å²) in [6.07, 6.45) is -1.50. The predicted octanol–water partition coefficient (Wildman–Crippen LogP) is 4.82. The number of nitrogens with one attached hydrogen (secondary N) is 1. The first-order chi connectivity index (χ1) is 10.0. The van der Waals surface area contributed by atoms with Gasteiger partial charge in [-0.3, -0.25) is 0 Å². The second kappa shape index (κ2) is 6.88. The Hall–Kier alpha value is -1.26. The minimum absolute atomic E-state index is 0. The molecule has 0 radical (unpaired) electrons. The van der Waals surface area contributed by atoms with Crippen LogP contribution in [-0.2, 0) is 12.6 Å². The van der Waals surface area contributed by atoms with Crippen molar-refractivity contribution in [3.05, 3.63) is 47.5 Å². The lowest BCUT2D eigenvalue weighted by atomic mass is 9.89. The van der Waals surface area contributed by atoms with Crippen molar-refractivity contribution >= 4 is 23.2 Å². The highest BCUT2D eigenvalue weighted by Crippen LogP contribution is 2.36. The highest BCUT2D eigenvalue weighted by atomic mass is 35.5. The molecule has 0 amide bonds. The van der Waals surface area contributed by atoms with E-state index in [1.807, 2.05) is 6.07 Å². The molecule has 2 aromatic rings. The minimum Gasteiger partial charge on any atom is -0.317 e. The van der Waals surface area contributed by atoms with Crippen LogP contribution in [0.1, 0.15) is 24.0 Å². The maximum atomic E-state index is 13.3. The van der Waals surface area contributed by atoms with Gasteiger partial charge in [0.2, 0.25) is 0 Å². The van der Waals surface area contributed by atoms with Crippen LogP contribution in [0.15, 0.2) is 36.4 Å². The van der Waals surface area contributed by atoms with Crippen molar-refractivity contribution in [2.75, 3.05) is 13.1 Å². The molecular formula is C17H19ClF3N. The molecule has 0 saturated carbocycles. The van der Waals surface area contributed by atoms with Gasteiger partial charge in [0.05, 0.1) is 5.56 Å². The highest BCUT2D eigenvalue weighted by molar-refractivity contribution is 5.87. The largest absolute Gasteiger partial charge is 0.417 e. The molecular weight excluding hydrogens is 311 g/mol. The molecule has 1 fully saturated rings. The molecule has 3 rings (SSSR count). The van der Waals surface area contributed by atoms with Crippen LogP contribution >= 0.6 is 12.4 Å². The minimum atomic E-state index is -4.30. The molecule has 0 bridgehead atoms. The Bertz CT molecular complexity index is 633. The third-order valence-corrected chi connectivity index (χ3v) is 4.21. The first kappa shape index (κ1) is 17.1.